The van der Waals surface area contributed by atoms with Crippen LogP contribution in [0.4, 0.5) is 0 Å². The number of carbonyl (C=O) groups is 1. The molecule has 0 spiro atoms. The van der Waals surface area contributed by atoms with Crippen LogP contribution in [0.25, 0.3) is 0 Å². The third kappa shape index (κ3) is 4.62. The molecule has 0 aromatic heterocycles. The van der Waals surface area contributed by atoms with Gasteiger partial charge in [0.1, 0.15) is 0 Å². The van der Waals surface area contributed by atoms with E-state index in [-0.39, 0.29) is 5.91 Å². The molecule has 0 unspecified atom stereocenters. The van der Waals surface area contributed by atoms with E-state index in [1.54, 1.807) is 4.90 Å². The average molecular weight is 276 g/mol. The van der Waals surface area contributed by atoms with Crippen LogP contribution in [0.5, 0.6) is 0 Å². The summed E-state index contributed by atoms with van der Waals surface area (Å²) >= 11 is 0. The number of rotatable bonds is 7. The summed E-state index contributed by atoms with van der Waals surface area (Å²) in [4.78, 5) is 15.4. The van der Waals surface area contributed by atoms with Crippen molar-refractivity contribution in [1.29, 1.82) is 0 Å². The second-order valence-electron chi connectivity index (χ2n) is 5.59. The van der Waals surface area contributed by atoms with E-state index in [0.717, 1.165) is 25.9 Å². The first-order chi connectivity index (χ1) is 9.65. The molecule has 1 heterocycles. The van der Waals surface area contributed by atoms with Gasteiger partial charge in [0.25, 0.3) is 0 Å². The summed E-state index contributed by atoms with van der Waals surface area (Å²) < 4.78 is 0. The highest BCUT2D eigenvalue weighted by Gasteiger charge is 2.22. The topological polar surface area (TPSA) is 43.8 Å². The lowest BCUT2D eigenvalue weighted by Crippen LogP contribution is -2.40. The fourth-order valence-corrected chi connectivity index (χ4v) is 2.62. The van der Waals surface area contributed by atoms with Gasteiger partial charge in [-0.05, 0) is 25.5 Å². The number of carbonyl (C=O) groups excluding carboxylic acids is 1. The number of likely N-dealkylation sites (tertiary alicyclic amines) is 1. The molecule has 0 aliphatic carbocycles. The summed E-state index contributed by atoms with van der Waals surface area (Å²) in [6.45, 7) is 2.78. The van der Waals surface area contributed by atoms with Gasteiger partial charge < -0.3 is 14.9 Å². The largest absolute Gasteiger partial charge is 0.390 e. The minimum Gasteiger partial charge on any atom is -0.390 e. The molecule has 4 nitrogen and oxygen atoms in total. The Morgan fingerprint density at radius 1 is 1.35 bits per heavy atom. The molecule has 1 atom stereocenters. The molecule has 2 rings (SSSR count). The summed E-state index contributed by atoms with van der Waals surface area (Å²) in [5.41, 5.74) is 1.31. The van der Waals surface area contributed by atoms with Crippen LogP contribution in [-0.2, 0) is 11.2 Å². The maximum Gasteiger partial charge on any atom is 0.222 e. The second kappa shape index (κ2) is 7.41. The highest BCUT2D eigenvalue weighted by atomic mass is 16.3. The predicted octanol–water partition coefficient (Wildman–Crippen LogP) is 1.14. The van der Waals surface area contributed by atoms with E-state index in [0.29, 0.717) is 19.5 Å². The standard InChI is InChI=1S/C16H24N2O2/c1-17(11-9-14-6-3-2-4-7-14)12-15(19)13-18-10-5-8-16(18)20/h2-4,6-7,15,19H,5,8-13H2,1H3/t15-/m0/s1. The van der Waals surface area contributed by atoms with Gasteiger partial charge in [0.2, 0.25) is 5.91 Å². The molecular weight excluding hydrogens is 252 g/mol. The Labute approximate surface area is 121 Å². The van der Waals surface area contributed by atoms with Crippen LogP contribution in [-0.4, -0.2) is 60.1 Å². The summed E-state index contributed by atoms with van der Waals surface area (Å²) in [5.74, 6) is 0.177. The molecule has 20 heavy (non-hydrogen) atoms. The molecule has 4 heteroatoms. The molecule has 0 saturated carbocycles. The van der Waals surface area contributed by atoms with Gasteiger partial charge in [0.05, 0.1) is 6.10 Å². The molecule has 1 fully saturated rings. The SMILES string of the molecule is CN(CCc1ccccc1)C[C@H](O)CN1CCCC1=O. The average Bonchev–Trinajstić information content (AvgIpc) is 2.83. The number of benzene rings is 1. The van der Waals surface area contributed by atoms with Crippen molar-refractivity contribution in [3.8, 4) is 0 Å². The zero-order valence-corrected chi connectivity index (χ0v) is 12.2. The molecule has 0 radical (unpaired) electrons. The Kier molecular flexibility index (Phi) is 5.56. The lowest BCUT2D eigenvalue weighted by molar-refractivity contribution is -0.129. The third-order valence-electron chi connectivity index (χ3n) is 3.75. The molecule has 1 saturated heterocycles. The number of hydrogen-bond donors (Lipinski definition) is 1. The number of amides is 1. The van der Waals surface area contributed by atoms with Crippen LogP contribution >= 0.6 is 0 Å². The van der Waals surface area contributed by atoms with Crippen LogP contribution in [0.3, 0.4) is 0 Å². The van der Waals surface area contributed by atoms with E-state index in [1.807, 2.05) is 25.2 Å². The van der Waals surface area contributed by atoms with Crippen molar-refractivity contribution in [3.05, 3.63) is 35.9 Å². The Morgan fingerprint density at radius 2 is 2.10 bits per heavy atom. The molecule has 110 valence electrons. The van der Waals surface area contributed by atoms with Crippen LogP contribution in [0.15, 0.2) is 30.3 Å². The predicted molar refractivity (Wildman–Crippen MR) is 79.5 cm³/mol. The molecule has 1 N–H and O–H groups in total. The van der Waals surface area contributed by atoms with Crippen molar-refractivity contribution < 1.29 is 9.90 Å². The Hall–Kier alpha value is -1.39. The Balaban J connectivity index is 1.68. The number of aliphatic hydroxyl groups is 1. The van der Waals surface area contributed by atoms with E-state index in [1.165, 1.54) is 5.56 Å². The highest BCUT2D eigenvalue weighted by molar-refractivity contribution is 5.78. The van der Waals surface area contributed by atoms with Gasteiger partial charge in [-0.3, -0.25) is 4.79 Å². The van der Waals surface area contributed by atoms with Crippen molar-refractivity contribution in [2.75, 3.05) is 33.2 Å². The lowest BCUT2D eigenvalue weighted by Gasteiger charge is -2.24. The van der Waals surface area contributed by atoms with Gasteiger partial charge in [-0.15, -0.1) is 0 Å². The zero-order chi connectivity index (χ0) is 14.4. The quantitative estimate of drug-likeness (QED) is 0.812. The fraction of sp³-hybridized carbons (Fsp3) is 0.562. The molecule has 1 aromatic carbocycles. The van der Waals surface area contributed by atoms with Crippen LogP contribution in [0.1, 0.15) is 18.4 Å². The van der Waals surface area contributed by atoms with Gasteiger partial charge >= 0.3 is 0 Å². The maximum atomic E-state index is 11.5. The molecule has 1 aliphatic rings. The van der Waals surface area contributed by atoms with Crippen LogP contribution < -0.4 is 0 Å². The first kappa shape index (κ1) is 15.0. The lowest BCUT2D eigenvalue weighted by atomic mass is 10.1. The van der Waals surface area contributed by atoms with Crippen LogP contribution in [0.2, 0.25) is 0 Å². The summed E-state index contributed by atoms with van der Waals surface area (Å²) in [5, 5.41) is 10.1. The Bertz CT molecular complexity index is 422. The summed E-state index contributed by atoms with van der Waals surface area (Å²) in [7, 11) is 2.01. The minimum absolute atomic E-state index is 0.177. The van der Waals surface area contributed by atoms with Gasteiger partial charge in [-0.2, -0.15) is 0 Å². The van der Waals surface area contributed by atoms with Gasteiger partial charge in [-0.25, -0.2) is 0 Å². The maximum absolute atomic E-state index is 11.5. The van der Waals surface area contributed by atoms with E-state index in [4.69, 9.17) is 0 Å². The molecule has 0 bridgehead atoms. The summed E-state index contributed by atoms with van der Waals surface area (Å²) in [6.07, 6.45) is 2.08. The summed E-state index contributed by atoms with van der Waals surface area (Å²) in [6, 6.07) is 10.3. The first-order valence-corrected chi connectivity index (χ1v) is 7.33. The normalized spacial score (nSPS) is 16.9. The number of β-amino-alcohol motifs (C(OH)–C–C–N with tert-alkyl or cyclic N) is 1. The molecule has 1 amide bonds. The fourth-order valence-electron chi connectivity index (χ4n) is 2.62. The van der Waals surface area contributed by atoms with Gasteiger partial charge in [0, 0.05) is 32.6 Å². The number of aliphatic hydroxyl groups excluding tert-OH is 1. The number of hydrogen-bond acceptors (Lipinski definition) is 3. The van der Waals surface area contributed by atoms with Crippen molar-refractivity contribution in [2.45, 2.75) is 25.4 Å². The van der Waals surface area contributed by atoms with E-state index >= 15 is 0 Å². The molecule has 1 aromatic rings. The molecule has 1 aliphatic heterocycles. The highest BCUT2D eigenvalue weighted by Crippen LogP contribution is 2.10. The van der Waals surface area contributed by atoms with Crippen LogP contribution in [0, 0.1) is 0 Å². The third-order valence-corrected chi connectivity index (χ3v) is 3.75. The number of nitrogens with zero attached hydrogens (tertiary/aromatic N) is 2. The number of likely N-dealkylation sites (N-methyl/N-ethyl adjacent to an activating group) is 1. The van der Waals surface area contributed by atoms with Crippen molar-refractivity contribution in [1.82, 2.24) is 9.80 Å². The molecular formula is C16H24N2O2. The first-order valence-electron chi connectivity index (χ1n) is 7.33. The van der Waals surface area contributed by atoms with Gasteiger partial charge in [0.15, 0.2) is 0 Å². The zero-order valence-electron chi connectivity index (χ0n) is 12.2. The second-order valence-corrected chi connectivity index (χ2v) is 5.59. The van der Waals surface area contributed by atoms with Gasteiger partial charge in [-0.1, -0.05) is 30.3 Å². The van der Waals surface area contributed by atoms with Crippen molar-refractivity contribution in [3.63, 3.8) is 0 Å². The Morgan fingerprint density at radius 3 is 2.75 bits per heavy atom. The van der Waals surface area contributed by atoms with E-state index < -0.39 is 6.10 Å². The smallest absolute Gasteiger partial charge is 0.222 e. The van der Waals surface area contributed by atoms with E-state index in [9.17, 15) is 9.90 Å². The monoisotopic (exact) mass is 276 g/mol. The minimum atomic E-state index is -0.460. The van der Waals surface area contributed by atoms with E-state index in [2.05, 4.69) is 17.0 Å². The van der Waals surface area contributed by atoms with Crippen molar-refractivity contribution in [2.24, 2.45) is 0 Å². The van der Waals surface area contributed by atoms with Crippen molar-refractivity contribution >= 4 is 5.91 Å².